The van der Waals surface area contributed by atoms with E-state index in [0.29, 0.717) is 24.6 Å². The molecule has 2 aromatic heterocycles. The van der Waals surface area contributed by atoms with Gasteiger partial charge in [-0.05, 0) is 54.6 Å². The average molecular weight is 566 g/mol. The van der Waals surface area contributed by atoms with Crippen molar-refractivity contribution in [1.82, 2.24) is 19.5 Å². The number of rotatable bonds is 6. The highest BCUT2D eigenvalue weighted by molar-refractivity contribution is 5.99. The van der Waals surface area contributed by atoms with Crippen molar-refractivity contribution in [2.24, 2.45) is 7.05 Å². The van der Waals surface area contributed by atoms with Crippen molar-refractivity contribution in [3.63, 3.8) is 0 Å². The van der Waals surface area contributed by atoms with Crippen LogP contribution in [0.4, 0.5) is 35.2 Å². The summed E-state index contributed by atoms with van der Waals surface area (Å²) in [4.78, 5) is 21.0. The zero-order valence-corrected chi connectivity index (χ0v) is 22.8. The summed E-state index contributed by atoms with van der Waals surface area (Å²) in [5.74, 6) is 0.441. The molecule has 1 aliphatic rings. The lowest BCUT2D eigenvalue weighted by atomic mass is 10.0. The number of piperazine rings is 1. The molecule has 0 atom stereocenters. The summed E-state index contributed by atoms with van der Waals surface area (Å²) in [7, 11) is 3.81. The molecule has 0 spiro atoms. The van der Waals surface area contributed by atoms with Crippen LogP contribution in [0.15, 0.2) is 73.2 Å². The maximum absolute atomic E-state index is 13.9. The van der Waals surface area contributed by atoms with Crippen LogP contribution < -0.4 is 21.0 Å². The van der Waals surface area contributed by atoms with E-state index < -0.39 is 17.8 Å². The molecule has 0 unspecified atom stereocenters. The Hall–Kier alpha value is -4.42. The molecule has 214 valence electrons. The largest absolute Gasteiger partial charge is 0.416 e. The van der Waals surface area contributed by atoms with E-state index in [0.717, 1.165) is 36.0 Å². The molecule has 0 bridgehead atoms. The number of nitrogens with zero attached hydrogens (tertiary/aromatic N) is 5. The number of alkyl halides is 3. The van der Waals surface area contributed by atoms with Crippen LogP contribution in [-0.4, -0.2) is 58.7 Å². The minimum Gasteiger partial charge on any atom is -0.383 e. The van der Waals surface area contributed by atoms with Gasteiger partial charge in [-0.3, -0.25) is 4.90 Å². The van der Waals surface area contributed by atoms with Crippen molar-refractivity contribution >= 4 is 23.2 Å². The summed E-state index contributed by atoms with van der Waals surface area (Å²) in [5.41, 5.74) is 8.53. The molecule has 1 saturated heterocycles. The molecule has 2 amide bonds. The van der Waals surface area contributed by atoms with Crippen molar-refractivity contribution in [1.29, 1.82) is 0 Å². The number of aromatic nitrogens is 3. The van der Waals surface area contributed by atoms with Crippen molar-refractivity contribution in [3.05, 3.63) is 84.3 Å². The van der Waals surface area contributed by atoms with Gasteiger partial charge in [0.15, 0.2) is 7.05 Å². The Bertz CT molecular complexity index is 1530. The van der Waals surface area contributed by atoms with Gasteiger partial charge in [0.25, 0.3) is 0 Å². The minimum atomic E-state index is -4.54. The van der Waals surface area contributed by atoms with Crippen LogP contribution in [0.25, 0.3) is 16.8 Å². The smallest absolute Gasteiger partial charge is 0.383 e. The number of amides is 2. The van der Waals surface area contributed by atoms with E-state index in [1.807, 2.05) is 60.1 Å². The molecule has 4 N–H and O–H groups in total. The number of hydrogen-bond acceptors (Lipinski definition) is 5. The summed E-state index contributed by atoms with van der Waals surface area (Å²) < 4.78 is 45.3. The SMILES string of the molecule is CN1CCN(Cc2ccc(NC(=O)Nc3cn(-c4ccc(-c5cccnc5N)cc4)[n+](C)c3)cc2C(F)(F)F)CC1. The van der Waals surface area contributed by atoms with Gasteiger partial charge >= 0.3 is 12.2 Å². The van der Waals surface area contributed by atoms with Gasteiger partial charge in [-0.15, -0.1) is 9.36 Å². The average Bonchev–Trinajstić information content (AvgIpc) is 3.30. The number of carbonyl (C=O) groups excluding carboxylic acids is 1. The lowest BCUT2D eigenvalue weighted by Crippen LogP contribution is -2.44. The third-order valence-electron chi connectivity index (χ3n) is 7.13. The monoisotopic (exact) mass is 565 g/mol. The van der Waals surface area contributed by atoms with Crippen LogP contribution in [0.3, 0.4) is 0 Å². The Labute approximate surface area is 236 Å². The minimum absolute atomic E-state index is 0.0611. The number of halogens is 3. The van der Waals surface area contributed by atoms with Gasteiger partial charge in [0, 0.05) is 50.2 Å². The van der Waals surface area contributed by atoms with E-state index in [-0.39, 0.29) is 17.8 Å². The fraction of sp³-hybridized carbons (Fsp3) is 0.276. The Balaban J connectivity index is 1.26. The molecule has 0 aliphatic carbocycles. The first-order valence-corrected chi connectivity index (χ1v) is 13.2. The van der Waals surface area contributed by atoms with Crippen LogP contribution in [-0.2, 0) is 19.8 Å². The van der Waals surface area contributed by atoms with Gasteiger partial charge in [0.1, 0.15) is 17.2 Å². The third-order valence-corrected chi connectivity index (χ3v) is 7.13. The molecule has 5 rings (SSSR count). The maximum atomic E-state index is 13.9. The second-order valence-corrected chi connectivity index (χ2v) is 10.1. The fourth-order valence-corrected chi connectivity index (χ4v) is 4.89. The Kier molecular flexibility index (Phi) is 7.95. The molecule has 1 aliphatic heterocycles. The second kappa shape index (κ2) is 11.6. The first kappa shape index (κ1) is 28.1. The third kappa shape index (κ3) is 6.67. The predicted octanol–water partition coefficient (Wildman–Crippen LogP) is 4.36. The standard InChI is InChI=1S/C29H31F3N8O/c1-37-12-14-39(15-13-37)17-21-5-8-22(16-26(21)29(30,31)32)35-28(41)36-23-18-38(2)40(19-23)24-9-6-20(7-10-24)25-4-3-11-34-27(25)33/h3-11,16,18-19H,12-15,17H2,1-2H3,(H3-,33,34,35,36,41)/p+1. The number of pyridine rings is 1. The number of nitrogen functional groups attached to an aromatic ring is 1. The maximum Gasteiger partial charge on any atom is 0.416 e. The lowest BCUT2D eigenvalue weighted by molar-refractivity contribution is -0.743. The first-order valence-electron chi connectivity index (χ1n) is 13.2. The van der Waals surface area contributed by atoms with Crippen LogP contribution in [0.5, 0.6) is 0 Å². The quantitative estimate of drug-likeness (QED) is 0.302. The van der Waals surface area contributed by atoms with Crippen LogP contribution in [0, 0.1) is 0 Å². The number of anilines is 3. The highest BCUT2D eigenvalue weighted by atomic mass is 19.4. The summed E-state index contributed by atoms with van der Waals surface area (Å²) >= 11 is 0. The topological polar surface area (TPSA) is 95.3 Å². The van der Waals surface area contributed by atoms with E-state index in [4.69, 9.17) is 5.73 Å². The van der Waals surface area contributed by atoms with Gasteiger partial charge in [-0.2, -0.15) is 13.2 Å². The second-order valence-electron chi connectivity index (χ2n) is 10.1. The number of carbonyl (C=O) groups is 1. The number of nitrogens with two attached hydrogens (primary N) is 1. The summed E-state index contributed by atoms with van der Waals surface area (Å²) in [6, 6.07) is 14.7. The number of nitrogens with one attached hydrogen (secondary N) is 2. The number of hydrogen-bond donors (Lipinski definition) is 3. The molecule has 2 aromatic carbocycles. The number of likely N-dealkylation sites (N-methyl/N-ethyl adjacent to an activating group) is 1. The highest BCUT2D eigenvalue weighted by Gasteiger charge is 2.34. The fourth-order valence-electron chi connectivity index (χ4n) is 4.89. The number of aryl methyl sites for hydroxylation is 1. The van der Waals surface area contributed by atoms with E-state index >= 15 is 0 Å². The highest BCUT2D eigenvalue weighted by Crippen LogP contribution is 2.34. The molecule has 9 nitrogen and oxygen atoms in total. The van der Waals surface area contributed by atoms with E-state index in [1.54, 1.807) is 23.3 Å². The lowest BCUT2D eigenvalue weighted by Gasteiger charge is -2.33. The molecular weight excluding hydrogens is 533 g/mol. The Morgan fingerprint density at radius 3 is 2.41 bits per heavy atom. The molecular formula is C29H32F3N8O+. The molecule has 3 heterocycles. The van der Waals surface area contributed by atoms with Crippen LogP contribution in [0.2, 0.25) is 0 Å². The van der Waals surface area contributed by atoms with Crippen molar-refractivity contribution < 1.29 is 22.6 Å². The summed E-state index contributed by atoms with van der Waals surface area (Å²) in [6.07, 6.45) is 0.511. The molecule has 1 fully saturated rings. The van der Waals surface area contributed by atoms with Gasteiger partial charge in [-0.25, -0.2) is 9.78 Å². The van der Waals surface area contributed by atoms with Crippen molar-refractivity contribution in [2.75, 3.05) is 49.6 Å². The zero-order chi connectivity index (χ0) is 29.1. The zero-order valence-electron chi connectivity index (χ0n) is 22.8. The van der Waals surface area contributed by atoms with Gasteiger partial charge in [-0.1, -0.05) is 18.2 Å². The Morgan fingerprint density at radius 2 is 1.73 bits per heavy atom. The molecule has 4 aromatic rings. The molecule has 0 saturated carbocycles. The van der Waals surface area contributed by atoms with E-state index in [1.165, 1.54) is 12.1 Å². The van der Waals surface area contributed by atoms with Gasteiger partial charge in [0.2, 0.25) is 6.20 Å². The van der Waals surface area contributed by atoms with Crippen LogP contribution in [0.1, 0.15) is 11.1 Å². The molecule has 41 heavy (non-hydrogen) atoms. The van der Waals surface area contributed by atoms with E-state index in [2.05, 4.69) is 20.5 Å². The predicted molar refractivity (Wildman–Crippen MR) is 151 cm³/mol. The molecule has 0 radical (unpaired) electrons. The summed E-state index contributed by atoms with van der Waals surface area (Å²) in [5, 5.41) is 5.23. The van der Waals surface area contributed by atoms with Gasteiger partial charge < -0.3 is 21.3 Å². The number of benzene rings is 2. The summed E-state index contributed by atoms with van der Waals surface area (Å²) in [6.45, 7) is 3.24. The number of urea groups is 1. The Morgan fingerprint density at radius 1 is 1.02 bits per heavy atom. The van der Waals surface area contributed by atoms with Gasteiger partial charge in [0.05, 0.1) is 11.8 Å². The first-order chi connectivity index (χ1) is 19.6. The van der Waals surface area contributed by atoms with E-state index in [9.17, 15) is 18.0 Å². The van der Waals surface area contributed by atoms with Crippen molar-refractivity contribution in [2.45, 2.75) is 12.7 Å². The van der Waals surface area contributed by atoms with Crippen molar-refractivity contribution in [3.8, 4) is 16.8 Å². The normalized spacial score (nSPS) is 14.7. The van der Waals surface area contributed by atoms with Crippen LogP contribution >= 0.6 is 0 Å². The molecule has 12 heteroatoms.